The molecule has 4 heteroatoms. The third-order valence-corrected chi connectivity index (χ3v) is 9.97. The Bertz CT molecular complexity index is 2710. The summed E-state index contributed by atoms with van der Waals surface area (Å²) in [6.45, 7) is 0. The fourth-order valence-corrected chi connectivity index (χ4v) is 8.07. The van der Waals surface area contributed by atoms with Gasteiger partial charge in [-0.05, 0) is 56.9 Å². The maximum absolute atomic E-state index is 6.67. The van der Waals surface area contributed by atoms with Crippen LogP contribution in [0, 0.1) is 0 Å². The van der Waals surface area contributed by atoms with E-state index in [1.54, 1.807) is 0 Å². The number of nitrogens with zero attached hydrogens (tertiary/aromatic N) is 2. The summed E-state index contributed by atoms with van der Waals surface area (Å²) in [5.41, 5.74) is 7.46. The van der Waals surface area contributed by atoms with Gasteiger partial charge in [0.15, 0.2) is 11.4 Å². The second kappa shape index (κ2) is 8.96. The summed E-state index contributed by atoms with van der Waals surface area (Å²) in [6, 6.07) is 47.0. The Morgan fingerprint density at radius 2 is 1.14 bits per heavy atom. The minimum absolute atomic E-state index is 0.686. The first-order valence-corrected chi connectivity index (χ1v) is 15.6. The molecule has 3 heterocycles. The van der Waals surface area contributed by atoms with Gasteiger partial charge >= 0.3 is 0 Å². The van der Waals surface area contributed by atoms with E-state index < -0.39 is 0 Å². The van der Waals surface area contributed by atoms with Crippen molar-refractivity contribution < 1.29 is 4.42 Å². The predicted octanol–water partition coefficient (Wildman–Crippen LogP) is 11.5. The van der Waals surface area contributed by atoms with Crippen molar-refractivity contribution in [2.75, 3.05) is 0 Å². The number of benzene rings is 7. The Hall–Kier alpha value is -5.58. The standard InChI is InChI=1S/C40H22N2OS/c1-3-10-23(11-4-1)25-20-21-31-30(22-25)38-39(43-31)37(41-40(42-38)24-12-5-2-6-13-24)29-17-7-14-26-27-15-8-18-32-35(27)36-28(34(26)29)16-9-19-33(36)44-32/h1-22H. The van der Waals surface area contributed by atoms with E-state index in [1.807, 2.05) is 35.6 Å². The molecule has 0 amide bonds. The van der Waals surface area contributed by atoms with E-state index in [-0.39, 0.29) is 0 Å². The van der Waals surface area contributed by atoms with Crippen molar-refractivity contribution in [3.8, 4) is 33.8 Å². The second-order valence-electron chi connectivity index (χ2n) is 11.3. The molecule has 0 aliphatic carbocycles. The summed E-state index contributed by atoms with van der Waals surface area (Å²) >= 11 is 1.86. The van der Waals surface area contributed by atoms with Gasteiger partial charge in [-0.1, -0.05) is 109 Å². The van der Waals surface area contributed by atoms with Crippen LogP contribution in [0.5, 0.6) is 0 Å². The van der Waals surface area contributed by atoms with Crippen LogP contribution in [0.2, 0.25) is 0 Å². The first-order chi connectivity index (χ1) is 21.8. The SMILES string of the molecule is c1ccc(-c2ccc3oc4c(-c5cccc6c7cccc8sc9cccc(c56)c9c87)nc(-c5ccccc5)nc4c3c2)cc1. The van der Waals surface area contributed by atoms with E-state index in [2.05, 4.69) is 109 Å². The molecule has 0 aliphatic heterocycles. The molecule has 0 fully saturated rings. The summed E-state index contributed by atoms with van der Waals surface area (Å²) in [7, 11) is 0. The molecule has 0 aliphatic rings. The van der Waals surface area contributed by atoms with Crippen LogP contribution in [0.4, 0.5) is 0 Å². The Morgan fingerprint density at radius 3 is 1.91 bits per heavy atom. The Balaban J connectivity index is 1.36. The molecule has 10 aromatic rings. The van der Waals surface area contributed by atoms with E-state index in [4.69, 9.17) is 14.4 Å². The van der Waals surface area contributed by atoms with Crippen LogP contribution < -0.4 is 0 Å². The van der Waals surface area contributed by atoms with E-state index in [1.165, 1.54) is 41.7 Å². The van der Waals surface area contributed by atoms with Gasteiger partial charge in [-0.3, -0.25) is 0 Å². The van der Waals surface area contributed by atoms with Gasteiger partial charge in [-0.25, -0.2) is 9.97 Å². The molecule has 0 unspecified atom stereocenters. The highest BCUT2D eigenvalue weighted by atomic mass is 32.1. The Labute approximate surface area is 256 Å². The van der Waals surface area contributed by atoms with E-state index in [0.29, 0.717) is 11.4 Å². The summed E-state index contributed by atoms with van der Waals surface area (Å²) in [5, 5.41) is 8.60. The largest absolute Gasteiger partial charge is 0.452 e. The molecule has 3 nitrogen and oxygen atoms in total. The quantitative estimate of drug-likeness (QED) is 0.196. The first-order valence-electron chi connectivity index (χ1n) is 14.8. The molecule has 0 bridgehead atoms. The lowest BCUT2D eigenvalue weighted by Gasteiger charge is -2.14. The molecule has 44 heavy (non-hydrogen) atoms. The molecule has 0 spiro atoms. The van der Waals surface area contributed by atoms with Crippen molar-refractivity contribution in [2.24, 2.45) is 0 Å². The van der Waals surface area contributed by atoms with Crippen LogP contribution in [0.1, 0.15) is 0 Å². The minimum Gasteiger partial charge on any atom is -0.452 e. The number of fused-ring (bicyclic) bond motifs is 6. The van der Waals surface area contributed by atoms with Gasteiger partial charge < -0.3 is 4.42 Å². The molecular formula is C40H22N2OS. The van der Waals surface area contributed by atoms with Gasteiger partial charge in [0.1, 0.15) is 16.8 Å². The van der Waals surface area contributed by atoms with Gasteiger partial charge in [-0.15, -0.1) is 11.3 Å². The number of hydrogen-bond donors (Lipinski definition) is 0. The predicted molar refractivity (Wildman–Crippen MR) is 185 cm³/mol. The van der Waals surface area contributed by atoms with Crippen LogP contribution in [0.15, 0.2) is 138 Å². The summed E-state index contributed by atoms with van der Waals surface area (Å²) in [6.07, 6.45) is 0. The maximum Gasteiger partial charge on any atom is 0.180 e. The molecule has 3 aromatic heterocycles. The maximum atomic E-state index is 6.67. The normalized spacial score (nSPS) is 12.1. The average molecular weight is 579 g/mol. The third kappa shape index (κ3) is 3.31. The van der Waals surface area contributed by atoms with Crippen LogP contribution >= 0.6 is 11.3 Å². The van der Waals surface area contributed by atoms with Crippen molar-refractivity contribution >= 4 is 75.1 Å². The van der Waals surface area contributed by atoms with Gasteiger partial charge in [0.2, 0.25) is 0 Å². The lowest BCUT2D eigenvalue weighted by atomic mass is 9.90. The van der Waals surface area contributed by atoms with Crippen molar-refractivity contribution in [3.05, 3.63) is 133 Å². The number of furan rings is 1. The van der Waals surface area contributed by atoms with Gasteiger partial charge in [0.25, 0.3) is 0 Å². The number of rotatable bonds is 3. The van der Waals surface area contributed by atoms with Crippen LogP contribution in [0.25, 0.3) is 97.6 Å². The Morgan fingerprint density at radius 1 is 0.477 bits per heavy atom. The zero-order chi connectivity index (χ0) is 28.8. The van der Waals surface area contributed by atoms with Crippen LogP contribution in [-0.4, -0.2) is 9.97 Å². The molecule has 0 saturated heterocycles. The summed E-state index contributed by atoms with van der Waals surface area (Å²) in [4.78, 5) is 10.4. The Kier molecular flexibility index (Phi) is 4.87. The fourth-order valence-electron chi connectivity index (χ4n) is 6.92. The smallest absolute Gasteiger partial charge is 0.180 e. The molecule has 0 saturated carbocycles. The highest BCUT2D eigenvalue weighted by Gasteiger charge is 2.23. The number of aromatic nitrogens is 2. The van der Waals surface area contributed by atoms with Gasteiger partial charge in [0, 0.05) is 36.7 Å². The molecule has 204 valence electrons. The zero-order valence-electron chi connectivity index (χ0n) is 23.4. The molecule has 0 atom stereocenters. The topological polar surface area (TPSA) is 38.9 Å². The van der Waals surface area contributed by atoms with Gasteiger partial charge in [0.05, 0.1) is 0 Å². The average Bonchev–Trinajstić information content (AvgIpc) is 3.66. The van der Waals surface area contributed by atoms with E-state index in [0.717, 1.165) is 44.4 Å². The lowest BCUT2D eigenvalue weighted by Crippen LogP contribution is -1.95. The molecule has 10 rings (SSSR count). The number of hydrogen-bond acceptors (Lipinski definition) is 4. The van der Waals surface area contributed by atoms with Crippen LogP contribution in [-0.2, 0) is 0 Å². The summed E-state index contributed by atoms with van der Waals surface area (Å²) in [5.74, 6) is 0.686. The minimum atomic E-state index is 0.686. The highest BCUT2D eigenvalue weighted by Crippen LogP contribution is 2.48. The van der Waals surface area contributed by atoms with Crippen molar-refractivity contribution in [3.63, 3.8) is 0 Å². The fraction of sp³-hybridized carbons (Fsp3) is 0. The lowest BCUT2D eigenvalue weighted by molar-refractivity contribution is 0.667. The number of thiophene rings is 1. The molecule has 0 N–H and O–H groups in total. The first kappa shape index (κ1) is 23.9. The third-order valence-electron chi connectivity index (χ3n) is 8.85. The monoisotopic (exact) mass is 578 g/mol. The molecular weight excluding hydrogens is 557 g/mol. The molecule has 7 aromatic carbocycles. The summed E-state index contributed by atoms with van der Waals surface area (Å²) < 4.78 is 9.30. The second-order valence-corrected chi connectivity index (χ2v) is 12.4. The molecule has 0 radical (unpaired) electrons. The van der Waals surface area contributed by atoms with Gasteiger partial charge in [-0.2, -0.15) is 0 Å². The van der Waals surface area contributed by atoms with Crippen molar-refractivity contribution in [1.82, 2.24) is 9.97 Å². The highest BCUT2D eigenvalue weighted by molar-refractivity contribution is 7.26. The zero-order valence-corrected chi connectivity index (χ0v) is 24.2. The van der Waals surface area contributed by atoms with E-state index >= 15 is 0 Å². The van der Waals surface area contributed by atoms with Crippen LogP contribution in [0.3, 0.4) is 0 Å². The van der Waals surface area contributed by atoms with E-state index in [9.17, 15) is 0 Å². The van der Waals surface area contributed by atoms with Crippen molar-refractivity contribution in [1.29, 1.82) is 0 Å². The van der Waals surface area contributed by atoms with Crippen molar-refractivity contribution in [2.45, 2.75) is 0 Å².